The molecule has 0 aliphatic heterocycles. The van der Waals surface area contributed by atoms with Crippen LogP contribution in [-0.4, -0.2) is 18.3 Å². The third kappa shape index (κ3) is 3.58. The van der Waals surface area contributed by atoms with E-state index < -0.39 is 0 Å². The van der Waals surface area contributed by atoms with Crippen LogP contribution in [0, 0.1) is 0 Å². The van der Waals surface area contributed by atoms with Crippen molar-refractivity contribution in [2.75, 3.05) is 6.61 Å². The van der Waals surface area contributed by atoms with Gasteiger partial charge in [0.2, 0.25) is 0 Å². The highest BCUT2D eigenvalue weighted by Crippen LogP contribution is 2.27. The lowest BCUT2D eigenvalue weighted by atomic mass is 10.0. The number of rotatable bonds is 5. The van der Waals surface area contributed by atoms with Crippen molar-refractivity contribution in [3.63, 3.8) is 0 Å². The molecule has 28 heavy (non-hydrogen) atoms. The van der Waals surface area contributed by atoms with Gasteiger partial charge in [0.05, 0.1) is 18.0 Å². The second-order valence-electron chi connectivity index (χ2n) is 6.24. The maximum absolute atomic E-state index is 12.0. The lowest BCUT2D eigenvalue weighted by Crippen LogP contribution is -2.03. The van der Waals surface area contributed by atoms with E-state index in [2.05, 4.69) is 0 Å². The molecule has 0 bridgehead atoms. The molecule has 4 aromatic rings. The van der Waals surface area contributed by atoms with E-state index in [1.165, 1.54) is 6.26 Å². The van der Waals surface area contributed by atoms with Crippen LogP contribution in [0.1, 0.15) is 28.4 Å². The fourth-order valence-electron chi connectivity index (χ4n) is 3.07. The molecule has 0 fully saturated rings. The molecule has 1 heterocycles. The molecule has 4 heteroatoms. The second-order valence-corrected chi connectivity index (χ2v) is 6.24. The predicted octanol–water partition coefficient (Wildman–Crippen LogP) is 5.78. The third-order valence-electron chi connectivity index (χ3n) is 4.39. The number of hydrogen-bond donors (Lipinski definition) is 0. The molecule has 4 nitrogen and oxygen atoms in total. The number of hydrogen-bond acceptors (Lipinski definition) is 4. The van der Waals surface area contributed by atoms with Gasteiger partial charge in [-0.05, 0) is 19.1 Å². The Labute approximate surface area is 163 Å². The number of carbonyl (C=O) groups excluding carboxylic acids is 1. The van der Waals surface area contributed by atoms with Crippen molar-refractivity contribution in [3.05, 3.63) is 102 Å². The van der Waals surface area contributed by atoms with Crippen LogP contribution >= 0.6 is 0 Å². The van der Waals surface area contributed by atoms with Crippen molar-refractivity contribution in [3.8, 4) is 0 Å². The van der Waals surface area contributed by atoms with Crippen molar-refractivity contribution in [1.82, 2.24) is 0 Å². The molecule has 0 saturated heterocycles. The van der Waals surface area contributed by atoms with E-state index in [4.69, 9.17) is 14.1 Å². The Morgan fingerprint density at radius 3 is 2.18 bits per heavy atom. The molecule has 4 rings (SSSR count). The van der Waals surface area contributed by atoms with Gasteiger partial charge in [0.1, 0.15) is 17.4 Å². The lowest BCUT2D eigenvalue weighted by molar-refractivity contribution is 0.0527. The highest BCUT2D eigenvalue weighted by molar-refractivity contribution is 6.14. The Hall–Kier alpha value is -3.66. The molecule has 0 N–H and O–H groups in total. The van der Waals surface area contributed by atoms with Crippen LogP contribution in [0.25, 0.3) is 11.0 Å². The first-order valence-electron chi connectivity index (χ1n) is 9.14. The van der Waals surface area contributed by atoms with E-state index >= 15 is 0 Å². The topological polar surface area (TPSA) is 51.8 Å². The minimum Gasteiger partial charge on any atom is -0.463 e. The summed E-state index contributed by atoms with van der Waals surface area (Å²) in [6.07, 6.45) is 1.44. The van der Waals surface area contributed by atoms with Crippen LogP contribution in [0.5, 0.6) is 0 Å². The first kappa shape index (κ1) is 17.7. The summed E-state index contributed by atoms with van der Waals surface area (Å²) in [6, 6.07) is 25.7. The van der Waals surface area contributed by atoms with Gasteiger partial charge in [-0.15, -0.1) is 0 Å². The highest BCUT2D eigenvalue weighted by atomic mass is 16.5. The molecule has 0 aliphatic rings. The fourth-order valence-corrected chi connectivity index (χ4v) is 3.07. The minimum absolute atomic E-state index is 0.325. The molecule has 0 spiro atoms. The molecule has 0 aliphatic carbocycles. The summed E-state index contributed by atoms with van der Waals surface area (Å²) in [6.45, 7) is 2.10. The zero-order valence-electron chi connectivity index (χ0n) is 15.5. The maximum atomic E-state index is 12.0. The van der Waals surface area contributed by atoms with Crippen LogP contribution in [-0.2, 0) is 4.74 Å². The highest BCUT2D eigenvalue weighted by Gasteiger charge is 2.15. The van der Waals surface area contributed by atoms with Crippen molar-refractivity contribution in [2.45, 2.75) is 6.92 Å². The lowest BCUT2D eigenvalue weighted by Gasteiger charge is -2.07. The van der Waals surface area contributed by atoms with Crippen molar-refractivity contribution < 1.29 is 13.9 Å². The Morgan fingerprint density at radius 1 is 0.929 bits per heavy atom. The summed E-state index contributed by atoms with van der Waals surface area (Å²) in [7, 11) is 0. The Kier molecular flexibility index (Phi) is 5.02. The first-order chi connectivity index (χ1) is 13.8. The summed E-state index contributed by atoms with van der Waals surface area (Å²) in [5, 5.41) is 0.721. The fraction of sp³-hybridized carbons (Fsp3) is 0.0833. The second kappa shape index (κ2) is 7.92. The van der Waals surface area contributed by atoms with Gasteiger partial charge < -0.3 is 9.15 Å². The minimum atomic E-state index is -0.383. The van der Waals surface area contributed by atoms with Crippen molar-refractivity contribution in [2.24, 2.45) is 4.99 Å². The molecule has 0 amide bonds. The van der Waals surface area contributed by atoms with Crippen LogP contribution in [0.3, 0.4) is 0 Å². The maximum Gasteiger partial charge on any atom is 0.342 e. The van der Waals surface area contributed by atoms with E-state index in [1.807, 2.05) is 78.9 Å². The Bertz CT molecular complexity index is 1090. The van der Waals surface area contributed by atoms with Crippen molar-refractivity contribution >= 4 is 28.3 Å². The quantitative estimate of drug-likeness (QED) is 0.331. The van der Waals surface area contributed by atoms with Gasteiger partial charge in [0, 0.05) is 22.6 Å². The summed E-state index contributed by atoms with van der Waals surface area (Å²) < 4.78 is 10.7. The van der Waals surface area contributed by atoms with Gasteiger partial charge in [-0.3, -0.25) is 0 Å². The monoisotopic (exact) mass is 369 g/mol. The Morgan fingerprint density at radius 2 is 1.57 bits per heavy atom. The summed E-state index contributed by atoms with van der Waals surface area (Å²) >= 11 is 0. The molecule has 0 unspecified atom stereocenters. The molecule has 0 atom stereocenters. The molecular weight excluding hydrogens is 350 g/mol. The van der Waals surface area contributed by atoms with Gasteiger partial charge in [-0.1, -0.05) is 60.7 Å². The number of esters is 1. The first-order valence-corrected chi connectivity index (χ1v) is 9.14. The number of fused-ring (bicyclic) bond motifs is 1. The van der Waals surface area contributed by atoms with Gasteiger partial charge in [0.25, 0.3) is 0 Å². The largest absolute Gasteiger partial charge is 0.463 e. The molecule has 138 valence electrons. The Balaban J connectivity index is 1.78. The molecule has 0 radical (unpaired) electrons. The summed E-state index contributed by atoms with van der Waals surface area (Å²) in [4.78, 5) is 16.9. The van der Waals surface area contributed by atoms with Crippen LogP contribution in [0.2, 0.25) is 0 Å². The van der Waals surface area contributed by atoms with Gasteiger partial charge in [0.15, 0.2) is 0 Å². The number of aliphatic imine (C=N–C) groups is 1. The van der Waals surface area contributed by atoms with Crippen LogP contribution < -0.4 is 0 Å². The predicted molar refractivity (Wildman–Crippen MR) is 110 cm³/mol. The molecule has 0 saturated carbocycles. The normalized spacial score (nSPS) is 10.6. The van der Waals surface area contributed by atoms with E-state index in [1.54, 1.807) is 6.92 Å². The van der Waals surface area contributed by atoms with Crippen LogP contribution in [0.4, 0.5) is 5.69 Å². The number of ether oxygens (including phenoxy) is 1. The van der Waals surface area contributed by atoms with Gasteiger partial charge in [-0.2, -0.15) is 0 Å². The van der Waals surface area contributed by atoms with E-state index in [9.17, 15) is 4.79 Å². The number of benzene rings is 3. The molecule has 3 aromatic carbocycles. The summed E-state index contributed by atoms with van der Waals surface area (Å²) in [5.41, 5.74) is 4.71. The summed E-state index contributed by atoms with van der Waals surface area (Å²) in [5.74, 6) is -0.383. The number of furan rings is 1. The number of carbonyl (C=O) groups is 1. The average molecular weight is 369 g/mol. The number of nitrogens with zero attached hydrogens (tertiary/aromatic N) is 1. The standard InChI is InChI=1S/C24H19NO3/c1-2-27-24(26)21-16-28-22-15-19(13-14-20(21)22)25-23(17-9-5-3-6-10-17)18-11-7-4-8-12-18/h3-16H,2H2,1H3. The van der Waals surface area contributed by atoms with Gasteiger partial charge >= 0.3 is 5.97 Å². The SMILES string of the molecule is CCOC(=O)c1coc2cc(N=C(c3ccccc3)c3ccccc3)ccc12. The zero-order chi connectivity index (χ0) is 19.3. The third-order valence-corrected chi connectivity index (χ3v) is 4.39. The van der Waals surface area contributed by atoms with Crippen LogP contribution in [0.15, 0.2) is 94.5 Å². The molecule has 1 aromatic heterocycles. The smallest absolute Gasteiger partial charge is 0.342 e. The van der Waals surface area contributed by atoms with E-state index in [0.717, 1.165) is 27.9 Å². The molecular formula is C24H19NO3. The van der Waals surface area contributed by atoms with E-state index in [-0.39, 0.29) is 5.97 Å². The average Bonchev–Trinajstić information content (AvgIpc) is 3.17. The van der Waals surface area contributed by atoms with Crippen molar-refractivity contribution in [1.29, 1.82) is 0 Å². The van der Waals surface area contributed by atoms with E-state index in [0.29, 0.717) is 17.8 Å². The zero-order valence-corrected chi connectivity index (χ0v) is 15.5. The van der Waals surface area contributed by atoms with Gasteiger partial charge in [-0.25, -0.2) is 9.79 Å².